The van der Waals surface area contributed by atoms with E-state index in [2.05, 4.69) is 52.8 Å². The van der Waals surface area contributed by atoms with Crippen LogP contribution in [0, 0.1) is 0 Å². The van der Waals surface area contributed by atoms with Gasteiger partial charge in [-0.3, -0.25) is 14.4 Å². The molecule has 2 N–H and O–H groups in total. The molecule has 2 aromatic carbocycles. The molecule has 0 radical (unpaired) electrons. The number of rotatable bonds is 5. The topological polar surface area (TPSA) is 98.4 Å². The van der Waals surface area contributed by atoms with E-state index < -0.39 is 0 Å². The van der Waals surface area contributed by atoms with Crippen LogP contribution in [0.3, 0.4) is 0 Å². The van der Waals surface area contributed by atoms with E-state index in [0.717, 1.165) is 16.8 Å². The number of fused-ring (bicyclic) bond motifs is 2. The molecule has 0 fully saturated rings. The lowest BCUT2D eigenvalue weighted by Gasteiger charge is -2.32. The first-order valence-electron chi connectivity index (χ1n) is 13.7. The maximum absolute atomic E-state index is 13.0. The summed E-state index contributed by atoms with van der Waals surface area (Å²) in [6, 6.07) is 18.6. The Bertz CT molecular complexity index is 1770. The average molecular weight is 605 g/mol. The van der Waals surface area contributed by atoms with Crippen LogP contribution in [0.25, 0.3) is 17.0 Å². The van der Waals surface area contributed by atoms with Gasteiger partial charge in [0.1, 0.15) is 17.7 Å². The van der Waals surface area contributed by atoms with Crippen LogP contribution in [0.4, 0.5) is 10.6 Å². The van der Waals surface area contributed by atoms with Gasteiger partial charge in [-0.25, -0.2) is 4.79 Å². The number of amides is 2. The first-order chi connectivity index (χ1) is 20.1. The van der Waals surface area contributed by atoms with E-state index in [-0.39, 0.29) is 23.6 Å². The molecule has 0 saturated carbocycles. The zero-order chi connectivity index (χ0) is 29.6. The van der Waals surface area contributed by atoms with Crippen molar-refractivity contribution in [1.82, 2.24) is 29.7 Å². The number of anilines is 1. The number of nitrogens with one attached hydrogen (secondary N) is 2. The summed E-state index contributed by atoms with van der Waals surface area (Å²) in [7, 11) is 1.83. The number of pyridine rings is 1. The van der Waals surface area contributed by atoms with Crippen LogP contribution >= 0.6 is 23.2 Å². The van der Waals surface area contributed by atoms with Gasteiger partial charge in [-0.1, -0.05) is 74.3 Å². The number of carbonyl (C=O) groups is 1. The summed E-state index contributed by atoms with van der Waals surface area (Å²) in [6.45, 7) is 6.28. The SMILES string of the molecule is Cn1nc(C(C)(C)C)cc1NC(=O)NC1CCC(Oc2ccc3nnc(-c4c(Cl)cccc4Cl)n3c2)c2ccccc21. The van der Waals surface area contributed by atoms with Gasteiger partial charge < -0.3 is 10.1 Å². The molecule has 6 rings (SSSR count). The molecule has 11 heteroatoms. The molecule has 216 valence electrons. The lowest BCUT2D eigenvalue weighted by Crippen LogP contribution is -2.36. The molecule has 3 aromatic heterocycles. The first-order valence-corrected chi connectivity index (χ1v) is 14.5. The van der Waals surface area contributed by atoms with Crippen LogP contribution in [0.15, 0.2) is 66.9 Å². The smallest absolute Gasteiger partial charge is 0.320 e. The third-order valence-corrected chi connectivity index (χ3v) is 8.10. The number of aromatic nitrogens is 5. The van der Waals surface area contributed by atoms with Gasteiger partial charge in [0.15, 0.2) is 11.5 Å². The van der Waals surface area contributed by atoms with Gasteiger partial charge in [-0.05, 0) is 48.2 Å². The van der Waals surface area contributed by atoms with Crippen LogP contribution in [-0.4, -0.2) is 30.4 Å². The average Bonchev–Trinajstić information content (AvgIpc) is 3.53. The molecule has 2 amide bonds. The minimum absolute atomic E-state index is 0.117. The van der Waals surface area contributed by atoms with Crippen molar-refractivity contribution >= 4 is 40.7 Å². The molecule has 2 atom stereocenters. The quantitative estimate of drug-likeness (QED) is 0.216. The van der Waals surface area contributed by atoms with Gasteiger partial charge in [-0.15, -0.1) is 10.2 Å². The van der Waals surface area contributed by atoms with Gasteiger partial charge in [-0.2, -0.15) is 5.10 Å². The number of urea groups is 1. The molecular formula is C31H31Cl2N7O2. The molecule has 0 saturated heterocycles. The second kappa shape index (κ2) is 11.0. The van der Waals surface area contributed by atoms with E-state index in [0.29, 0.717) is 51.5 Å². The van der Waals surface area contributed by atoms with E-state index >= 15 is 0 Å². The number of benzene rings is 2. The summed E-state index contributed by atoms with van der Waals surface area (Å²) in [4.78, 5) is 13.0. The highest BCUT2D eigenvalue weighted by molar-refractivity contribution is 6.39. The Morgan fingerprint density at radius 2 is 1.71 bits per heavy atom. The maximum atomic E-state index is 13.0. The lowest BCUT2D eigenvalue weighted by molar-refractivity contribution is 0.171. The Balaban J connectivity index is 1.21. The van der Waals surface area contributed by atoms with E-state index in [1.807, 2.05) is 54.0 Å². The van der Waals surface area contributed by atoms with Crippen molar-refractivity contribution < 1.29 is 9.53 Å². The zero-order valence-electron chi connectivity index (χ0n) is 23.7. The molecule has 1 aliphatic carbocycles. The summed E-state index contributed by atoms with van der Waals surface area (Å²) in [6.07, 6.45) is 3.08. The van der Waals surface area contributed by atoms with Crippen molar-refractivity contribution in [2.45, 2.75) is 51.2 Å². The van der Waals surface area contributed by atoms with Gasteiger partial charge in [0, 0.05) is 18.5 Å². The molecular weight excluding hydrogens is 573 g/mol. The van der Waals surface area contributed by atoms with Crippen LogP contribution in [0.5, 0.6) is 5.75 Å². The molecule has 5 aromatic rings. The highest BCUT2D eigenvalue weighted by Crippen LogP contribution is 2.39. The van der Waals surface area contributed by atoms with Gasteiger partial charge in [0.25, 0.3) is 0 Å². The fraction of sp³-hybridized carbons (Fsp3) is 0.290. The Hall–Kier alpha value is -4.08. The van der Waals surface area contributed by atoms with E-state index in [9.17, 15) is 4.79 Å². The molecule has 3 heterocycles. The van der Waals surface area contributed by atoms with E-state index in [1.165, 1.54) is 0 Å². The summed E-state index contributed by atoms with van der Waals surface area (Å²) >= 11 is 12.9. The summed E-state index contributed by atoms with van der Waals surface area (Å²) in [5.74, 6) is 1.83. The number of ether oxygens (including phenoxy) is 1. The van der Waals surface area contributed by atoms with Crippen molar-refractivity contribution in [2.24, 2.45) is 7.05 Å². The highest BCUT2D eigenvalue weighted by atomic mass is 35.5. The summed E-state index contributed by atoms with van der Waals surface area (Å²) in [5.41, 5.74) is 4.11. The number of aryl methyl sites for hydroxylation is 1. The highest BCUT2D eigenvalue weighted by Gasteiger charge is 2.30. The fourth-order valence-electron chi connectivity index (χ4n) is 5.27. The molecule has 9 nitrogen and oxygen atoms in total. The molecule has 2 unspecified atom stereocenters. The summed E-state index contributed by atoms with van der Waals surface area (Å²) in [5, 5.41) is 20.2. The second-order valence-electron chi connectivity index (χ2n) is 11.5. The normalized spacial score (nSPS) is 16.7. The van der Waals surface area contributed by atoms with Gasteiger partial charge in [0.05, 0.1) is 33.5 Å². The van der Waals surface area contributed by atoms with Crippen LogP contribution in [-0.2, 0) is 12.5 Å². The zero-order valence-corrected chi connectivity index (χ0v) is 25.2. The first kappa shape index (κ1) is 28.1. The van der Waals surface area contributed by atoms with Crippen molar-refractivity contribution in [2.75, 3.05) is 5.32 Å². The van der Waals surface area contributed by atoms with Crippen molar-refractivity contribution in [1.29, 1.82) is 0 Å². The van der Waals surface area contributed by atoms with Crippen LogP contribution in [0.1, 0.15) is 62.6 Å². The minimum atomic E-state index is -0.276. The lowest BCUT2D eigenvalue weighted by atomic mass is 9.85. The van der Waals surface area contributed by atoms with Crippen molar-refractivity contribution in [3.05, 3.63) is 93.7 Å². The molecule has 1 aliphatic rings. The van der Waals surface area contributed by atoms with Gasteiger partial charge in [0.2, 0.25) is 0 Å². The number of nitrogens with zero attached hydrogens (tertiary/aromatic N) is 5. The molecule has 0 spiro atoms. The predicted octanol–water partition coefficient (Wildman–Crippen LogP) is 7.51. The molecule has 0 aliphatic heterocycles. The van der Waals surface area contributed by atoms with Crippen molar-refractivity contribution in [3.8, 4) is 17.1 Å². The van der Waals surface area contributed by atoms with Crippen LogP contribution in [0.2, 0.25) is 10.0 Å². The monoisotopic (exact) mass is 603 g/mol. The second-order valence-corrected chi connectivity index (χ2v) is 12.3. The van der Waals surface area contributed by atoms with E-state index in [4.69, 9.17) is 27.9 Å². The Morgan fingerprint density at radius 1 is 0.976 bits per heavy atom. The Morgan fingerprint density at radius 3 is 2.43 bits per heavy atom. The minimum Gasteiger partial charge on any atom is -0.484 e. The fourth-order valence-corrected chi connectivity index (χ4v) is 5.84. The molecule has 42 heavy (non-hydrogen) atoms. The number of halogens is 2. The van der Waals surface area contributed by atoms with Crippen molar-refractivity contribution in [3.63, 3.8) is 0 Å². The van der Waals surface area contributed by atoms with Crippen LogP contribution < -0.4 is 15.4 Å². The Labute approximate surface area is 253 Å². The predicted molar refractivity (Wildman–Crippen MR) is 164 cm³/mol. The Kier molecular flexibility index (Phi) is 7.32. The van der Waals surface area contributed by atoms with E-state index in [1.54, 1.807) is 22.9 Å². The number of carbonyl (C=O) groups excluding carboxylic acids is 1. The molecule has 0 bridgehead atoms. The third kappa shape index (κ3) is 5.42. The standard InChI is InChI=1S/C31H31Cl2N7O2/c1-31(2,3)25-16-27(39(4)38-25)35-30(41)34-23-13-14-24(20-9-6-5-8-19(20)23)42-18-12-15-26-36-37-29(40(26)17-18)28-21(32)10-7-11-22(28)33/h5-12,15-17,23-24H,13-14H2,1-4H3,(H2,34,35,41). The van der Waals surface area contributed by atoms with Gasteiger partial charge >= 0.3 is 6.03 Å². The summed E-state index contributed by atoms with van der Waals surface area (Å²) < 4.78 is 10.0. The maximum Gasteiger partial charge on any atom is 0.320 e. The number of hydrogen-bond donors (Lipinski definition) is 2. The number of hydrogen-bond acceptors (Lipinski definition) is 5. The third-order valence-electron chi connectivity index (χ3n) is 7.47. The largest absolute Gasteiger partial charge is 0.484 e.